The molecular formula is C26H26ClN3O3. The molecule has 0 aliphatic rings. The van der Waals surface area contributed by atoms with E-state index in [0.717, 1.165) is 22.4 Å². The Bertz CT molecular complexity index is 1130. The lowest BCUT2D eigenvalue weighted by atomic mass is 10.0. The van der Waals surface area contributed by atoms with Crippen LogP contribution in [0.5, 0.6) is 0 Å². The van der Waals surface area contributed by atoms with Crippen molar-refractivity contribution in [3.63, 3.8) is 0 Å². The third-order valence-corrected chi connectivity index (χ3v) is 5.54. The summed E-state index contributed by atoms with van der Waals surface area (Å²) in [4.78, 5) is 37.8. The van der Waals surface area contributed by atoms with E-state index in [2.05, 4.69) is 16.0 Å². The summed E-state index contributed by atoms with van der Waals surface area (Å²) in [5.41, 5.74) is 3.73. The minimum absolute atomic E-state index is 0.0309. The third kappa shape index (κ3) is 6.67. The Morgan fingerprint density at radius 3 is 2.12 bits per heavy atom. The van der Waals surface area contributed by atoms with Gasteiger partial charge < -0.3 is 16.0 Å². The van der Waals surface area contributed by atoms with Gasteiger partial charge in [-0.1, -0.05) is 72.3 Å². The lowest BCUT2D eigenvalue weighted by Crippen LogP contribution is -2.37. The average molecular weight is 464 g/mol. The van der Waals surface area contributed by atoms with Crippen LogP contribution in [0, 0.1) is 13.8 Å². The van der Waals surface area contributed by atoms with Crippen LogP contribution in [-0.4, -0.2) is 24.3 Å². The molecule has 0 radical (unpaired) electrons. The van der Waals surface area contributed by atoms with Crippen molar-refractivity contribution in [2.24, 2.45) is 0 Å². The van der Waals surface area contributed by atoms with Crippen molar-refractivity contribution in [2.75, 3.05) is 11.9 Å². The van der Waals surface area contributed by atoms with E-state index in [-0.39, 0.29) is 30.7 Å². The molecule has 0 aromatic heterocycles. The number of hydrogen-bond acceptors (Lipinski definition) is 3. The van der Waals surface area contributed by atoms with E-state index in [9.17, 15) is 14.4 Å². The van der Waals surface area contributed by atoms with Gasteiger partial charge in [-0.05, 0) is 42.7 Å². The van der Waals surface area contributed by atoms with Gasteiger partial charge in [0.1, 0.15) is 0 Å². The van der Waals surface area contributed by atoms with E-state index in [0.29, 0.717) is 10.6 Å². The predicted octanol–water partition coefficient (Wildman–Crippen LogP) is 4.57. The van der Waals surface area contributed by atoms with Gasteiger partial charge >= 0.3 is 0 Å². The molecule has 3 rings (SSSR count). The molecule has 1 unspecified atom stereocenters. The van der Waals surface area contributed by atoms with Crippen LogP contribution >= 0.6 is 11.6 Å². The van der Waals surface area contributed by atoms with E-state index in [1.54, 1.807) is 24.3 Å². The van der Waals surface area contributed by atoms with Gasteiger partial charge in [0, 0.05) is 5.69 Å². The Hall–Kier alpha value is -3.64. The highest BCUT2D eigenvalue weighted by atomic mass is 35.5. The minimum atomic E-state index is -0.586. The van der Waals surface area contributed by atoms with E-state index < -0.39 is 6.04 Å². The third-order valence-electron chi connectivity index (χ3n) is 5.21. The molecule has 3 N–H and O–H groups in total. The van der Waals surface area contributed by atoms with Gasteiger partial charge in [-0.2, -0.15) is 0 Å². The smallest absolute Gasteiger partial charge is 0.253 e. The molecule has 7 heteroatoms. The van der Waals surface area contributed by atoms with Crippen LogP contribution in [-0.2, 0) is 9.59 Å². The first-order valence-corrected chi connectivity index (χ1v) is 11.0. The maximum absolute atomic E-state index is 12.8. The summed E-state index contributed by atoms with van der Waals surface area (Å²) < 4.78 is 0. The molecule has 0 heterocycles. The second kappa shape index (κ2) is 11.3. The normalized spacial score (nSPS) is 11.4. The first-order valence-electron chi connectivity index (χ1n) is 10.6. The second-order valence-electron chi connectivity index (χ2n) is 7.71. The molecule has 3 amide bonds. The topological polar surface area (TPSA) is 87.3 Å². The molecule has 0 saturated heterocycles. The highest BCUT2D eigenvalue weighted by molar-refractivity contribution is 6.33. The summed E-state index contributed by atoms with van der Waals surface area (Å²) in [6.45, 7) is 3.65. The number of rotatable bonds is 8. The zero-order valence-corrected chi connectivity index (χ0v) is 19.3. The summed E-state index contributed by atoms with van der Waals surface area (Å²) in [5, 5.41) is 8.69. The first kappa shape index (κ1) is 24.0. The fourth-order valence-electron chi connectivity index (χ4n) is 3.45. The van der Waals surface area contributed by atoms with Crippen LogP contribution < -0.4 is 16.0 Å². The van der Waals surface area contributed by atoms with E-state index >= 15 is 0 Å². The maximum atomic E-state index is 12.8. The Morgan fingerprint density at radius 1 is 0.818 bits per heavy atom. The van der Waals surface area contributed by atoms with Crippen molar-refractivity contribution in [1.82, 2.24) is 10.6 Å². The zero-order chi connectivity index (χ0) is 23.8. The highest BCUT2D eigenvalue weighted by Gasteiger charge is 2.21. The summed E-state index contributed by atoms with van der Waals surface area (Å²) >= 11 is 6.14. The number of benzene rings is 3. The minimum Gasteiger partial charge on any atom is -0.347 e. The Kier molecular flexibility index (Phi) is 8.22. The quantitative estimate of drug-likeness (QED) is 0.457. The molecule has 3 aromatic carbocycles. The van der Waals surface area contributed by atoms with E-state index in [1.807, 2.05) is 62.4 Å². The number of para-hydroxylation sites is 1. The molecule has 6 nitrogen and oxygen atoms in total. The Morgan fingerprint density at radius 2 is 1.45 bits per heavy atom. The number of hydrogen-bond donors (Lipinski definition) is 3. The van der Waals surface area contributed by atoms with Gasteiger partial charge in [-0.25, -0.2) is 0 Å². The number of amides is 3. The molecule has 0 fully saturated rings. The predicted molar refractivity (Wildman–Crippen MR) is 130 cm³/mol. The fourth-order valence-corrected chi connectivity index (χ4v) is 3.67. The molecular weight excluding hydrogens is 438 g/mol. The molecule has 170 valence electrons. The molecule has 1 atom stereocenters. The average Bonchev–Trinajstić information content (AvgIpc) is 2.80. The standard InChI is InChI=1S/C26H26ClN3O3/c1-17-9-8-10-18(2)25(17)30-24(32)16-28-23(31)15-22(19-11-4-3-5-12-19)29-26(33)20-13-6-7-14-21(20)27/h3-14,22H,15-16H2,1-2H3,(H,28,31)(H,29,33)(H,30,32). The first-order chi connectivity index (χ1) is 15.8. The van der Waals surface area contributed by atoms with Crippen LogP contribution in [0.2, 0.25) is 5.02 Å². The SMILES string of the molecule is Cc1cccc(C)c1NC(=O)CNC(=O)CC(NC(=O)c1ccccc1Cl)c1ccccc1. The summed E-state index contributed by atoms with van der Waals surface area (Å²) in [6.07, 6.45) is -0.0309. The number of aryl methyl sites for hydroxylation is 2. The van der Waals surface area contributed by atoms with Crippen molar-refractivity contribution < 1.29 is 14.4 Å². The van der Waals surface area contributed by atoms with Gasteiger partial charge in [0.25, 0.3) is 5.91 Å². The monoisotopic (exact) mass is 463 g/mol. The number of carbonyl (C=O) groups is 3. The second-order valence-corrected chi connectivity index (χ2v) is 8.12. The van der Waals surface area contributed by atoms with Crippen LogP contribution in [0.3, 0.4) is 0 Å². The Balaban J connectivity index is 1.63. The number of anilines is 1. The van der Waals surface area contributed by atoms with Crippen LogP contribution in [0.4, 0.5) is 5.69 Å². The Labute approximate surface area is 198 Å². The molecule has 3 aromatic rings. The molecule has 33 heavy (non-hydrogen) atoms. The van der Waals surface area contributed by atoms with Gasteiger partial charge in [0.05, 0.1) is 29.6 Å². The molecule has 0 saturated carbocycles. The number of carbonyl (C=O) groups excluding carboxylic acids is 3. The van der Waals surface area contributed by atoms with Crippen LogP contribution in [0.1, 0.15) is 39.5 Å². The van der Waals surface area contributed by atoms with Crippen LogP contribution in [0.15, 0.2) is 72.8 Å². The summed E-state index contributed by atoms with van der Waals surface area (Å²) in [6, 6.07) is 21.1. The number of nitrogens with one attached hydrogen (secondary N) is 3. The molecule has 0 aliphatic heterocycles. The molecule has 0 aliphatic carbocycles. The van der Waals surface area contributed by atoms with Gasteiger partial charge in [-0.15, -0.1) is 0 Å². The van der Waals surface area contributed by atoms with Crippen molar-refractivity contribution in [3.05, 3.63) is 100 Å². The fraction of sp³-hybridized carbons (Fsp3) is 0.192. The van der Waals surface area contributed by atoms with Crippen molar-refractivity contribution in [1.29, 1.82) is 0 Å². The van der Waals surface area contributed by atoms with E-state index in [1.165, 1.54) is 0 Å². The van der Waals surface area contributed by atoms with Crippen molar-refractivity contribution in [2.45, 2.75) is 26.3 Å². The largest absolute Gasteiger partial charge is 0.347 e. The number of halogens is 1. The lowest BCUT2D eigenvalue weighted by Gasteiger charge is -2.19. The highest BCUT2D eigenvalue weighted by Crippen LogP contribution is 2.21. The van der Waals surface area contributed by atoms with Gasteiger partial charge in [-0.3, -0.25) is 14.4 Å². The maximum Gasteiger partial charge on any atom is 0.253 e. The lowest BCUT2D eigenvalue weighted by molar-refractivity contribution is -0.124. The molecule has 0 bridgehead atoms. The molecule has 0 spiro atoms. The van der Waals surface area contributed by atoms with Crippen molar-refractivity contribution >= 4 is 35.0 Å². The summed E-state index contributed by atoms with van der Waals surface area (Å²) in [7, 11) is 0. The van der Waals surface area contributed by atoms with Gasteiger partial charge in [0.15, 0.2) is 0 Å². The van der Waals surface area contributed by atoms with E-state index in [4.69, 9.17) is 11.6 Å². The van der Waals surface area contributed by atoms with Gasteiger partial charge in [0.2, 0.25) is 11.8 Å². The van der Waals surface area contributed by atoms with Crippen molar-refractivity contribution in [3.8, 4) is 0 Å². The summed E-state index contributed by atoms with van der Waals surface area (Å²) in [5.74, 6) is -1.06. The zero-order valence-electron chi connectivity index (χ0n) is 18.5. The van der Waals surface area contributed by atoms with Crippen LogP contribution in [0.25, 0.3) is 0 Å².